The average molecular weight is 437 g/mol. The lowest BCUT2D eigenvalue weighted by Gasteiger charge is -2.35. The lowest BCUT2D eigenvalue weighted by Crippen LogP contribution is -2.40. The minimum Gasteiger partial charge on any atom is -0.508 e. The molecule has 0 spiro atoms. The number of phenols is 1. The summed E-state index contributed by atoms with van der Waals surface area (Å²) in [6.45, 7) is 5.08. The van der Waals surface area contributed by atoms with E-state index in [4.69, 9.17) is 9.94 Å². The Kier molecular flexibility index (Phi) is 7.27. The lowest BCUT2D eigenvalue weighted by molar-refractivity contribution is 0.171. The molecule has 7 heteroatoms. The molecule has 4 rings (SSSR count). The number of pyridine rings is 1. The number of hydrogen-bond donors (Lipinski definition) is 2. The molecule has 0 bridgehead atoms. The number of fused-ring (bicyclic) bond motifs is 2. The molecule has 0 radical (unpaired) electrons. The summed E-state index contributed by atoms with van der Waals surface area (Å²) in [6, 6.07) is 10.3. The van der Waals surface area contributed by atoms with E-state index in [2.05, 4.69) is 28.1 Å². The van der Waals surface area contributed by atoms with Gasteiger partial charge < -0.3 is 20.0 Å². The van der Waals surface area contributed by atoms with Crippen LogP contribution in [0.3, 0.4) is 0 Å². The normalized spacial score (nSPS) is 16.1. The number of unbranched alkanes of at least 4 members (excludes halogenated alkanes) is 1. The third kappa shape index (κ3) is 5.05. The van der Waals surface area contributed by atoms with E-state index in [9.17, 15) is 5.11 Å². The van der Waals surface area contributed by atoms with Crippen LogP contribution in [0.5, 0.6) is 11.5 Å². The van der Waals surface area contributed by atoms with Crippen molar-refractivity contribution in [1.29, 1.82) is 0 Å². The highest BCUT2D eigenvalue weighted by molar-refractivity contribution is 5.88. The van der Waals surface area contributed by atoms with E-state index in [0.717, 1.165) is 74.0 Å². The fraction of sp³-hybridized carbons (Fsp3) is 0.440. The van der Waals surface area contributed by atoms with Crippen molar-refractivity contribution in [3.8, 4) is 11.5 Å². The predicted molar refractivity (Wildman–Crippen MR) is 125 cm³/mol. The van der Waals surface area contributed by atoms with Gasteiger partial charge >= 0.3 is 0 Å². The van der Waals surface area contributed by atoms with Gasteiger partial charge in [0.1, 0.15) is 11.5 Å². The Morgan fingerprint density at radius 1 is 1.25 bits per heavy atom. The molecule has 2 heterocycles. The summed E-state index contributed by atoms with van der Waals surface area (Å²) in [5.74, 6) is 1.23. The second-order valence-electron chi connectivity index (χ2n) is 8.44. The van der Waals surface area contributed by atoms with Crippen molar-refractivity contribution in [3.63, 3.8) is 0 Å². The Hall–Kier alpha value is -3.06. The summed E-state index contributed by atoms with van der Waals surface area (Å²) < 4.78 is 7.67. The number of benzene rings is 1. The second kappa shape index (κ2) is 10.5. The van der Waals surface area contributed by atoms with Crippen molar-refractivity contribution in [2.24, 2.45) is 5.16 Å². The standard InChI is InChI=1S/C25H32N4O3/c1-2-12-28(21-8-10-23-19(15-21)6-5-7-25(23)30)13-3-4-14-32-22-9-11-24-20(17-27-31)16-26-29(24)18-22/h5-7,9,11,16-18,21,30-31H,2-4,8,10,12-15H2,1H3. The summed E-state index contributed by atoms with van der Waals surface area (Å²) in [5.41, 5.74) is 4.06. The van der Waals surface area contributed by atoms with Crippen molar-refractivity contribution >= 4 is 11.7 Å². The Bertz CT molecular complexity index is 1060. The van der Waals surface area contributed by atoms with Gasteiger partial charge in [-0.15, -0.1) is 0 Å². The number of aromatic nitrogens is 2. The first-order valence-electron chi connectivity index (χ1n) is 11.5. The molecule has 1 aliphatic rings. The SMILES string of the molecule is CCCN(CCCCOc1ccc2c(C=NO)cnn2c1)C1CCc2c(O)cccc2C1. The highest BCUT2D eigenvalue weighted by atomic mass is 16.5. The average Bonchev–Trinajstić information content (AvgIpc) is 3.20. The van der Waals surface area contributed by atoms with Crippen molar-refractivity contribution in [2.45, 2.75) is 51.5 Å². The monoisotopic (exact) mass is 436 g/mol. The van der Waals surface area contributed by atoms with Gasteiger partial charge in [-0.3, -0.25) is 0 Å². The molecule has 0 fully saturated rings. The van der Waals surface area contributed by atoms with Crippen LogP contribution < -0.4 is 4.74 Å². The van der Waals surface area contributed by atoms with Gasteiger partial charge in [0.25, 0.3) is 0 Å². The van der Waals surface area contributed by atoms with E-state index in [1.54, 1.807) is 16.8 Å². The van der Waals surface area contributed by atoms with Crippen LogP contribution in [0.15, 0.2) is 47.9 Å². The number of phenolic OH excluding ortho intramolecular Hbond substituents is 1. The molecule has 170 valence electrons. The van der Waals surface area contributed by atoms with Crippen LogP contribution in [0, 0.1) is 0 Å². The molecule has 0 aliphatic heterocycles. The zero-order valence-corrected chi connectivity index (χ0v) is 18.7. The maximum Gasteiger partial charge on any atom is 0.137 e. The number of hydrogen-bond acceptors (Lipinski definition) is 6. The largest absolute Gasteiger partial charge is 0.508 e. The Labute approximate surface area is 188 Å². The first-order chi connectivity index (χ1) is 15.7. The molecule has 2 N–H and O–H groups in total. The molecule has 32 heavy (non-hydrogen) atoms. The molecule has 2 aromatic heterocycles. The fourth-order valence-corrected chi connectivity index (χ4v) is 4.68. The van der Waals surface area contributed by atoms with Crippen LogP contribution in [-0.2, 0) is 12.8 Å². The fourth-order valence-electron chi connectivity index (χ4n) is 4.68. The lowest BCUT2D eigenvalue weighted by atomic mass is 9.86. The zero-order chi connectivity index (χ0) is 22.3. The molecule has 1 aliphatic carbocycles. The number of ether oxygens (including phenoxy) is 1. The van der Waals surface area contributed by atoms with Gasteiger partial charge in [-0.1, -0.05) is 24.2 Å². The molecule has 1 atom stereocenters. The first-order valence-corrected chi connectivity index (χ1v) is 11.5. The van der Waals surface area contributed by atoms with Gasteiger partial charge in [0.05, 0.1) is 30.7 Å². The number of oxime groups is 1. The van der Waals surface area contributed by atoms with Gasteiger partial charge in [0.2, 0.25) is 0 Å². The molecular formula is C25H32N4O3. The van der Waals surface area contributed by atoms with Gasteiger partial charge in [-0.05, 0) is 80.9 Å². The predicted octanol–water partition coefficient (Wildman–Crippen LogP) is 4.28. The maximum absolute atomic E-state index is 10.1. The van der Waals surface area contributed by atoms with E-state index in [0.29, 0.717) is 18.4 Å². The topological polar surface area (TPSA) is 82.6 Å². The Morgan fingerprint density at radius 2 is 2.16 bits per heavy atom. The van der Waals surface area contributed by atoms with E-state index in [1.165, 1.54) is 11.8 Å². The van der Waals surface area contributed by atoms with Gasteiger partial charge in [-0.2, -0.15) is 5.10 Å². The Morgan fingerprint density at radius 3 is 3.00 bits per heavy atom. The number of nitrogens with zero attached hydrogens (tertiary/aromatic N) is 4. The van der Waals surface area contributed by atoms with Crippen molar-refractivity contribution < 1.29 is 15.1 Å². The quantitative estimate of drug-likeness (QED) is 0.215. The second-order valence-corrected chi connectivity index (χ2v) is 8.44. The molecule has 1 aromatic carbocycles. The summed E-state index contributed by atoms with van der Waals surface area (Å²) in [6.07, 6.45) is 11.2. The van der Waals surface area contributed by atoms with E-state index in [1.807, 2.05) is 24.4 Å². The number of rotatable bonds is 10. The van der Waals surface area contributed by atoms with E-state index < -0.39 is 0 Å². The van der Waals surface area contributed by atoms with Crippen LogP contribution in [0.2, 0.25) is 0 Å². The van der Waals surface area contributed by atoms with Gasteiger partial charge in [0, 0.05) is 11.6 Å². The molecule has 0 saturated heterocycles. The van der Waals surface area contributed by atoms with Crippen molar-refractivity contribution in [3.05, 3.63) is 59.4 Å². The van der Waals surface area contributed by atoms with Crippen LogP contribution in [0.1, 0.15) is 49.3 Å². The van der Waals surface area contributed by atoms with Gasteiger partial charge in [0.15, 0.2) is 0 Å². The van der Waals surface area contributed by atoms with E-state index >= 15 is 0 Å². The van der Waals surface area contributed by atoms with E-state index in [-0.39, 0.29) is 0 Å². The minimum atomic E-state index is 0.450. The summed E-state index contributed by atoms with van der Waals surface area (Å²) in [5, 5.41) is 26.2. The molecule has 7 nitrogen and oxygen atoms in total. The smallest absolute Gasteiger partial charge is 0.137 e. The van der Waals surface area contributed by atoms with Crippen LogP contribution in [0.25, 0.3) is 5.52 Å². The minimum absolute atomic E-state index is 0.450. The third-order valence-corrected chi connectivity index (χ3v) is 6.28. The highest BCUT2D eigenvalue weighted by Gasteiger charge is 2.25. The van der Waals surface area contributed by atoms with Crippen LogP contribution in [-0.4, -0.2) is 56.8 Å². The molecule has 0 saturated carbocycles. The summed E-state index contributed by atoms with van der Waals surface area (Å²) in [7, 11) is 0. The first kappa shape index (κ1) is 22.1. The third-order valence-electron chi connectivity index (χ3n) is 6.28. The number of aromatic hydroxyl groups is 1. The highest BCUT2D eigenvalue weighted by Crippen LogP contribution is 2.30. The van der Waals surface area contributed by atoms with Gasteiger partial charge in [-0.25, -0.2) is 4.52 Å². The molecular weight excluding hydrogens is 404 g/mol. The van der Waals surface area contributed by atoms with Crippen LogP contribution >= 0.6 is 0 Å². The summed E-state index contributed by atoms with van der Waals surface area (Å²) >= 11 is 0. The zero-order valence-electron chi connectivity index (χ0n) is 18.7. The maximum atomic E-state index is 10.1. The molecule has 0 amide bonds. The Balaban J connectivity index is 1.26. The molecule has 1 unspecified atom stereocenters. The summed E-state index contributed by atoms with van der Waals surface area (Å²) in [4.78, 5) is 2.62. The van der Waals surface area contributed by atoms with Crippen molar-refractivity contribution in [1.82, 2.24) is 14.5 Å². The van der Waals surface area contributed by atoms with Crippen molar-refractivity contribution in [2.75, 3.05) is 19.7 Å². The molecule has 3 aromatic rings. The van der Waals surface area contributed by atoms with Crippen LogP contribution in [0.4, 0.5) is 0 Å².